The molecule has 0 spiro atoms. The quantitative estimate of drug-likeness (QED) is 0.617. The van der Waals surface area contributed by atoms with Crippen LogP contribution < -0.4 is 10.0 Å². The van der Waals surface area contributed by atoms with Gasteiger partial charge in [0.25, 0.3) is 0 Å². The van der Waals surface area contributed by atoms with Gasteiger partial charge in [0, 0.05) is 17.3 Å². The van der Waals surface area contributed by atoms with Gasteiger partial charge in [0.05, 0.1) is 4.90 Å². The second kappa shape index (κ2) is 8.15. The number of benzene rings is 2. The Hall–Kier alpha value is -3.30. The van der Waals surface area contributed by atoms with Gasteiger partial charge in [-0.1, -0.05) is 18.2 Å². The van der Waals surface area contributed by atoms with Crippen molar-refractivity contribution in [3.8, 4) is 11.5 Å². The van der Waals surface area contributed by atoms with Gasteiger partial charge in [-0.2, -0.15) is 0 Å². The van der Waals surface area contributed by atoms with Gasteiger partial charge in [-0.25, -0.2) is 13.1 Å². The van der Waals surface area contributed by atoms with E-state index >= 15 is 0 Å². The minimum absolute atomic E-state index is 0.157. The highest BCUT2D eigenvalue weighted by Gasteiger charge is 2.10. The number of aryl methyl sites for hydroxylation is 1. The van der Waals surface area contributed by atoms with E-state index in [9.17, 15) is 13.2 Å². The Bertz CT molecular complexity index is 1110. The summed E-state index contributed by atoms with van der Waals surface area (Å²) < 4.78 is 30.9. The molecule has 0 aliphatic heterocycles. The molecule has 0 radical (unpaired) electrons. The predicted molar refractivity (Wildman–Crippen MR) is 105 cm³/mol. The second-order valence-corrected chi connectivity index (χ2v) is 7.76. The lowest BCUT2D eigenvalue weighted by atomic mass is 10.1. The minimum Gasteiger partial charge on any atom is -0.423 e. The molecule has 1 amide bonds. The van der Waals surface area contributed by atoms with E-state index in [4.69, 9.17) is 4.42 Å². The van der Waals surface area contributed by atoms with Gasteiger partial charge in [-0.15, -0.1) is 10.2 Å². The number of hydrogen-bond acceptors (Lipinski definition) is 6. The van der Waals surface area contributed by atoms with Gasteiger partial charge in [0.2, 0.25) is 28.2 Å². The van der Waals surface area contributed by atoms with E-state index < -0.39 is 10.0 Å². The molecule has 0 bridgehead atoms. The number of hydrogen-bond donors (Lipinski definition) is 2. The summed E-state index contributed by atoms with van der Waals surface area (Å²) in [5.74, 6) is 0.0420. The molecular weight excluding hydrogens is 380 g/mol. The van der Waals surface area contributed by atoms with Gasteiger partial charge < -0.3 is 9.73 Å². The number of carbonyl (C=O) groups excluding carboxylic acids is 1. The molecule has 8 nitrogen and oxygen atoms in total. The molecule has 1 aromatic heterocycles. The first kappa shape index (κ1) is 19.5. The smallest absolute Gasteiger partial charge is 0.248 e. The van der Waals surface area contributed by atoms with Crippen LogP contribution in [0.5, 0.6) is 0 Å². The van der Waals surface area contributed by atoms with Crippen LogP contribution in [0.25, 0.3) is 17.5 Å². The van der Waals surface area contributed by atoms with Crippen LogP contribution in [0.1, 0.15) is 11.1 Å². The number of rotatable bonds is 6. The molecule has 2 aromatic carbocycles. The highest BCUT2D eigenvalue weighted by atomic mass is 32.2. The van der Waals surface area contributed by atoms with Gasteiger partial charge >= 0.3 is 0 Å². The van der Waals surface area contributed by atoms with Crippen molar-refractivity contribution >= 4 is 27.7 Å². The largest absolute Gasteiger partial charge is 0.423 e. The second-order valence-electron chi connectivity index (χ2n) is 5.87. The van der Waals surface area contributed by atoms with Crippen LogP contribution in [-0.2, 0) is 14.8 Å². The van der Waals surface area contributed by atoms with Crippen molar-refractivity contribution in [2.75, 3.05) is 12.4 Å². The van der Waals surface area contributed by atoms with Crippen molar-refractivity contribution in [2.45, 2.75) is 11.8 Å². The molecule has 0 aliphatic rings. The molecule has 0 saturated heterocycles. The zero-order valence-electron chi connectivity index (χ0n) is 15.2. The van der Waals surface area contributed by atoms with Crippen LogP contribution in [0, 0.1) is 6.92 Å². The van der Waals surface area contributed by atoms with Crippen LogP contribution in [0.15, 0.2) is 64.2 Å². The van der Waals surface area contributed by atoms with Crippen molar-refractivity contribution in [2.24, 2.45) is 0 Å². The number of nitrogens with zero attached hydrogens (tertiary/aromatic N) is 2. The number of sulfonamides is 1. The number of aromatic nitrogens is 2. The van der Waals surface area contributed by atoms with Crippen LogP contribution >= 0.6 is 0 Å². The molecule has 1 heterocycles. The van der Waals surface area contributed by atoms with Crippen molar-refractivity contribution in [3.63, 3.8) is 0 Å². The summed E-state index contributed by atoms with van der Waals surface area (Å²) in [4.78, 5) is 12.4. The lowest BCUT2D eigenvalue weighted by Crippen LogP contribution is -2.18. The average molecular weight is 398 g/mol. The van der Waals surface area contributed by atoms with E-state index in [2.05, 4.69) is 20.2 Å². The first-order valence-electron chi connectivity index (χ1n) is 8.29. The summed E-state index contributed by atoms with van der Waals surface area (Å²) in [7, 11) is -2.13. The lowest BCUT2D eigenvalue weighted by Gasteiger charge is -2.07. The summed E-state index contributed by atoms with van der Waals surface area (Å²) in [6, 6.07) is 11.6. The Morgan fingerprint density at radius 1 is 1.14 bits per heavy atom. The van der Waals surface area contributed by atoms with Crippen molar-refractivity contribution in [1.29, 1.82) is 0 Å². The van der Waals surface area contributed by atoms with Gasteiger partial charge in [0.1, 0.15) is 0 Å². The minimum atomic E-state index is -3.49. The zero-order valence-corrected chi connectivity index (χ0v) is 16.0. The lowest BCUT2D eigenvalue weighted by molar-refractivity contribution is -0.111. The maximum Gasteiger partial charge on any atom is 0.248 e. The molecular formula is C19H18N4O4S. The molecule has 3 aromatic rings. The number of carbonyl (C=O) groups is 1. The molecule has 0 unspecified atom stereocenters. The van der Waals surface area contributed by atoms with Crippen LogP contribution in [0.4, 0.5) is 5.69 Å². The maximum atomic E-state index is 12.3. The predicted octanol–water partition coefficient (Wildman–Crippen LogP) is 2.61. The molecule has 0 aliphatic carbocycles. The van der Waals surface area contributed by atoms with Gasteiger partial charge in [-0.05, 0) is 55.4 Å². The summed E-state index contributed by atoms with van der Waals surface area (Å²) in [5, 5.41) is 10.3. The molecule has 9 heteroatoms. The Kier molecular flexibility index (Phi) is 5.67. The summed E-state index contributed by atoms with van der Waals surface area (Å²) >= 11 is 0. The first-order valence-corrected chi connectivity index (χ1v) is 9.77. The fourth-order valence-corrected chi connectivity index (χ4v) is 3.14. The molecule has 144 valence electrons. The van der Waals surface area contributed by atoms with Crippen molar-refractivity contribution in [1.82, 2.24) is 14.9 Å². The summed E-state index contributed by atoms with van der Waals surface area (Å²) in [5.41, 5.74) is 2.90. The fraction of sp³-hybridized carbons (Fsp3) is 0.105. The third kappa shape index (κ3) is 4.51. The fourth-order valence-electron chi connectivity index (χ4n) is 2.41. The Morgan fingerprint density at radius 2 is 1.89 bits per heavy atom. The van der Waals surface area contributed by atoms with E-state index in [1.54, 1.807) is 24.3 Å². The standard InChI is InChI=1S/C19H18N4O4S/c1-13-3-7-15(19-23-21-12-27-19)11-17(13)22-18(24)10-6-14-4-8-16(9-5-14)28(25,26)20-2/h3-12,20H,1-2H3,(H,22,24)/b10-6+. The van der Waals surface area contributed by atoms with Crippen LogP contribution in [0.2, 0.25) is 0 Å². The number of amides is 1. The third-order valence-electron chi connectivity index (χ3n) is 3.99. The normalized spacial score (nSPS) is 11.6. The van der Waals surface area contributed by atoms with Crippen molar-refractivity contribution < 1.29 is 17.6 Å². The Morgan fingerprint density at radius 3 is 2.54 bits per heavy atom. The van der Waals surface area contributed by atoms with E-state index in [1.807, 2.05) is 19.1 Å². The maximum absolute atomic E-state index is 12.3. The molecule has 0 fully saturated rings. The summed E-state index contributed by atoms with van der Waals surface area (Å²) in [6.07, 6.45) is 4.21. The monoisotopic (exact) mass is 398 g/mol. The van der Waals surface area contributed by atoms with E-state index in [0.717, 1.165) is 5.56 Å². The SMILES string of the molecule is CNS(=O)(=O)c1ccc(/C=C/C(=O)Nc2cc(-c3nnco3)ccc2C)cc1. The summed E-state index contributed by atoms with van der Waals surface area (Å²) in [6.45, 7) is 1.87. The number of nitrogens with one attached hydrogen (secondary N) is 2. The third-order valence-corrected chi connectivity index (χ3v) is 5.42. The average Bonchev–Trinajstić information content (AvgIpc) is 3.23. The molecule has 2 N–H and O–H groups in total. The Balaban J connectivity index is 1.71. The van der Waals surface area contributed by atoms with Crippen molar-refractivity contribution in [3.05, 3.63) is 66.1 Å². The van der Waals surface area contributed by atoms with Gasteiger partial charge in [-0.3, -0.25) is 4.79 Å². The Labute approximate surface area is 162 Å². The molecule has 0 atom stereocenters. The van der Waals surface area contributed by atoms with E-state index in [-0.39, 0.29) is 10.8 Å². The highest BCUT2D eigenvalue weighted by Crippen LogP contribution is 2.24. The van der Waals surface area contributed by atoms with E-state index in [1.165, 1.54) is 31.7 Å². The van der Waals surface area contributed by atoms with Gasteiger partial charge in [0.15, 0.2) is 0 Å². The highest BCUT2D eigenvalue weighted by molar-refractivity contribution is 7.89. The topological polar surface area (TPSA) is 114 Å². The van der Waals surface area contributed by atoms with Crippen LogP contribution in [-0.4, -0.2) is 31.6 Å². The molecule has 28 heavy (non-hydrogen) atoms. The van der Waals surface area contributed by atoms with Crippen LogP contribution in [0.3, 0.4) is 0 Å². The molecule has 0 saturated carbocycles. The first-order chi connectivity index (χ1) is 13.4. The zero-order chi connectivity index (χ0) is 20.1. The molecule has 3 rings (SSSR count). The number of anilines is 1. The van der Waals surface area contributed by atoms with E-state index in [0.29, 0.717) is 22.7 Å².